The highest BCUT2D eigenvalue weighted by Crippen LogP contribution is 2.38. The first kappa shape index (κ1) is 18.2. The molecule has 1 amide bonds. The SMILES string of the molecule is O=C([C@@H](c1ccccc1)C1CCCC1)N1CC[NH+](Cc2ccccc2)CC1. The number of hydrogen-bond acceptors (Lipinski definition) is 1. The summed E-state index contributed by atoms with van der Waals surface area (Å²) in [6.07, 6.45) is 4.95. The second-order valence-electron chi connectivity index (χ2n) is 8.17. The van der Waals surface area contributed by atoms with Crippen molar-refractivity contribution in [2.24, 2.45) is 5.92 Å². The number of hydrogen-bond donors (Lipinski definition) is 1. The van der Waals surface area contributed by atoms with Crippen molar-refractivity contribution in [3.05, 3.63) is 71.8 Å². The van der Waals surface area contributed by atoms with Gasteiger partial charge in [0.05, 0.1) is 32.1 Å². The highest BCUT2D eigenvalue weighted by Gasteiger charge is 2.36. The van der Waals surface area contributed by atoms with Crippen LogP contribution in [0.3, 0.4) is 0 Å². The first-order chi connectivity index (χ1) is 13.3. The first-order valence-electron chi connectivity index (χ1n) is 10.5. The van der Waals surface area contributed by atoms with Crippen molar-refractivity contribution in [3.8, 4) is 0 Å². The Kier molecular flexibility index (Phi) is 5.88. The Morgan fingerprint density at radius 1 is 0.926 bits per heavy atom. The Labute approximate surface area is 163 Å². The maximum atomic E-state index is 13.5. The number of rotatable bonds is 5. The van der Waals surface area contributed by atoms with Crippen LogP contribution in [0.15, 0.2) is 60.7 Å². The van der Waals surface area contributed by atoms with Crippen molar-refractivity contribution in [1.82, 2.24) is 4.90 Å². The van der Waals surface area contributed by atoms with Crippen LogP contribution in [0.25, 0.3) is 0 Å². The van der Waals surface area contributed by atoms with Crippen LogP contribution in [-0.4, -0.2) is 37.0 Å². The summed E-state index contributed by atoms with van der Waals surface area (Å²) in [5, 5.41) is 0. The lowest BCUT2D eigenvalue weighted by Crippen LogP contribution is -3.13. The Morgan fingerprint density at radius 2 is 1.52 bits per heavy atom. The molecule has 0 spiro atoms. The van der Waals surface area contributed by atoms with Crippen molar-refractivity contribution in [2.75, 3.05) is 26.2 Å². The second-order valence-corrected chi connectivity index (χ2v) is 8.17. The van der Waals surface area contributed by atoms with E-state index in [0.717, 1.165) is 32.7 Å². The zero-order valence-corrected chi connectivity index (χ0v) is 16.1. The van der Waals surface area contributed by atoms with Crippen LogP contribution in [0.2, 0.25) is 0 Å². The summed E-state index contributed by atoms with van der Waals surface area (Å²) in [5.74, 6) is 0.950. The van der Waals surface area contributed by atoms with Crippen molar-refractivity contribution in [3.63, 3.8) is 0 Å². The van der Waals surface area contributed by atoms with Gasteiger partial charge in [0.25, 0.3) is 0 Å². The number of nitrogens with zero attached hydrogens (tertiary/aromatic N) is 1. The molecule has 0 radical (unpaired) electrons. The number of piperazine rings is 1. The van der Waals surface area contributed by atoms with Crippen molar-refractivity contribution < 1.29 is 9.69 Å². The number of benzene rings is 2. The minimum Gasteiger partial charge on any atom is -0.331 e. The molecule has 1 N–H and O–H groups in total. The van der Waals surface area contributed by atoms with Crippen LogP contribution in [0.5, 0.6) is 0 Å². The summed E-state index contributed by atoms with van der Waals surface area (Å²) in [6, 6.07) is 21.2. The topological polar surface area (TPSA) is 24.8 Å². The normalized spacial score (nSPS) is 19.9. The molecule has 1 aliphatic carbocycles. The Morgan fingerprint density at radius 3 is 2.15 bits per heavy atom. The molecular weight excluding hydrogens is 332 g/mol. The van der Waals surface area contributed by atoms with Crippen LogP contribution < -0.4 is 4.90 Å². The van der Waals surface area contributed by atoms with E-state index in [0.29, 0.717) is 11.8 Å². The molecule has 0 bridgehead atoms. The molecule has 2 aromatic carbocycles. The van der Waals surface area contributed by atoms with Crippen molar-refractivity contribution >= 4 is 5.91 Å². The molecule has 1 heterocycles. The van der Waals surface area contributed by atoms with Gasteiger partial charge >= 0.3 is 0 Å². The number of quaternary nitrogens is 1. The molecular formula is C24H31N2O+. The molecule has 142 valence electrons. The van der Waals surface area contributed by atoms with Crippen LogP contribution in [0, 0.1) is 5.92 Å². The lowest BCUT2D eigenvalue weighted by molar-refractivity contribution is -0.917. The van der Waals surface area contributed by atoms with Gasteiger partial charge in [-0.1, -0.05) is 73.5 Å². The highest BCUT2D eigenvalue weighted by molar-refractivity contribution is 5.84. The number of carbonyl (C=O) groups is 1. The van der Waals surface area contributed by atoms with E-state index in [1.54, 1.807) is 4.90 Å². The Hall–Kier alpha value is -2.13. The Bertz CT molecular complexity index is 717. The van der Waals surface area contributed by atoms with E-state index < -0.39 is 0 Å². The van der Waals surface area contributed by atoms with Crippen molar-refractivity contribution in [2.45, 2.75) is 38.1 Å². The zero-order chi connectivity index (χ0) is 18.5. The largest absolute Gasteiger partial charge is 0.331 e. The minimum absolute atomic E-state index is 0.0596. The highest BCUT2D eigenvalue weighted by atomic mass is 16.2. The summed E-state index contributed by atoms with van der Waals surface area (Å²) < 4.78 is 0. The van der Waals surface area contributed by atoms with Gasteiger partial charge in [-0.05, 0) is 24.3 Å². The predicted octanol–water partition coefficient (Wildman–Crippen LogP) is 2.89. The van der Waals surface area contributed by atoms with Gasteiger partial charge in [-0.3, -0.25) is 4.79 Å². The van der Waals surface area contributed by atoms with Gasteiger partial charge in [0.2, 0.25) is 5.91 Å². The summed E-state index contributed by atoms with van der Waals surface area (Å²) in [4.78, 5) is 17.2. The third-order valence-corrected chi connectivity index (χ3v) is 6.38. The number of nitrogens with one attached hydrogen (secondary N) is 1. The molecule has 3 nitrogen and oxygen atoms in total. The number of amides is 1. The van der Waals surface area contributed by atoms with E-state index in [1.165, 1.54) is 36.8 Å². The van der Waals surface area contributed by atoms with E-state index in [4.69, 9.17) is 0 Å². The second kappa shape index (κ2) is 8.71. The van der Waals surface area contributed by atoms with E-state index in [9.17, 15) is 4.79 Å². The first-order valence-corrected chi connectivity index (χ1v) is 10.5. The minimum atomic E-state index is 0.0596. The maximum absolute atomic E-state index is 13.5. The van der Waals surface area contributed by atoms with Gasteiger partial charge in [-0.15, -0.1) is 0 Å². The smallest absolute Gasteiger partial charge is 0.230 e. The van der Waals surface area contributed by atoms with E-state index in [2.05, 4.69) is 59.5 Å². The molecule has 0 unspecified atom stereocenters. The van der Waals surface area contributed by atoms with Crippen LogP contribution >= 0.6 is 0 Å². The van der Waals surface area contributed by atoms with Gasteiger partial charge in [0, 0.05) is 5.56 Å². The lowest BCUT2D eigenvalue weighted by atomic mass is 9.83. The lowest BCUT2D eigenvalue weighted by Gasteiger charge is -2.36. The molecule has 2 fully saturated rings. The Balaban J connectivity index is 1.40. The van der Waals surface area contributed by atoms with E-state index in [-0.39, 0.29) is 5.92 Å². The van der Waals surface area contributed by atoms with E-state index in [1.807, 2.05) is 6.07 Å². The molecule has 1 aliphatic heterocycles. The summed E-state index contributed by atoms with van der Waals surface area (Å²) in [6.45, 7) is 4.93. The van der Waals surface area contributed by atoms with Gasteiger partial charge in [0.1, 0.15) is 6.54 Å². The fraction of sp³-hybridized carbons (Fsp3) is 0.458. The molecule has 0 aromatic heterocycles. The predicted molar refractivity (Wildman–Crippen MR) is 109 cm³/mol. The van der Waals surface area contributed by atoms with Gasteiger partial charge in [-0.25, -0.2) is 0 Å². The standard InChI is InChI=1S/C24H30N2O/c27-24(23(22-13-7-8-14-22)21-11-5-2-6-12-21)26-17-15-25(16-18-26)19-20-9-3-1-4-10-20/h1-6,9-12,22-23H,7-8,13-19H2/p+1/t23-/m0/s1. The molecule has 1 saturated heterocycles. The number of carbonyl (C=O) groups excluding carboxylic acids is 1. The molecule has 1 saturated carbocycles. The quantitative estimate of drug-likeness (QED) is 0.868. The average molecular weight is 364 g/mol. The summed E-state index contributed by atoms with van der Waals surface area (Å²) in [5.41, 5.74) is 2.61. The van der Waals surface area contributed by atoms with Crippen LogP contribution in [-0.2, 0) is 11.3 Å². The molecule has 2 aliphatic rings. The molecule has 3 heteroatoms. The van der Waals surface area contributed by atoms with E-state index >= 15 is 0 Å². The van der Waals surface area contributed by atoms with Crippen LogP contribution in [0.4, 0.5) is 0 Å². The fourth-order valence-electron chi connectivity index (χ4n) is 4.87. The molecule has 1 atom stereocenters. The monoisotopic (exact) mass is 363 g/mol. The van der Waals surface area contributed by atoms with Gasteiger partial charge in [-0.2, -0.15) is 0 Å². The van der Waals surface area contributed by atoms with Gasteiger partial charge < -0.3 is 9.80 Å². The fourth-order valence-corrected chi connectivity index (χ4v) is 4.87. The van der Waals surface area contributed by atoms with Crippen molar-refractivity contribution in [1.29, 1.82) is 0 Å². The van der Waals surface area contributed by atoms with Crippen LogP contribution in [0.1, 0.15) is 42.7 Å². The molecule has 4 rings (SSSR count). The summed E-state index contributed by atoms with van der Waals surface area (Å²) in [7, 11) is 0. The van der Waals surface area contributed by atoms with Gasteiger partial charge in [0.15, 0.2) is 0 Å². The zero-order valence-electron chi connectivity index (χ0n) is 16.1. The molecule has 2 aromatic rings. The average Bonchev–Trinajstić information content (AvgIpc) is 3.24. The summed E-state index contributed by atoms with van der Waals surface area (Å²) >= 11 is 0. The molecule has 27 heavy (non-hydrogen) atoms. The third kappa shape index (κ3) is 4.41. The third-order valence-electron chi connectivity index (χ3n) is 6.38. The maximum Gasteiger partial charge on any atom is 0.230 e.